The van der Waals surface area contributed by atoms with Crippen molar-refractivity contribution in [1.82, 2.24) is 0 Å². The van der Waals surface area contributed by atoms with Gasteiger partial charge in [-0.1, -0.05) is 11.6 Å². The molecule has 2 N–H and O–H groups in total. The Morgan fingerprint density at radius 1 is 1.47 bits per heavy atom. The van der Waals surface area contributed by atoms with Crippen molar-refractivity contribution in [2.24, 2.45) is 0 Å². The fourth-order valence-electron chi connectivity index (χ4n) is 2.30. The van der Waals surface area contributed by atoms with Gasteiger partial charge in [-0.2, -0.15) is 0 Å². The molecule has 0 saturated carbocycles. The highest BCUT2D eigenvalue weighted by molar-refractivity contribution is 7.91. The zero-order chi connectivity index (χ0) is 14.3. The molecule has 2 rings (SSSR count). The fraction of sp³-hybridized carbons (Fsp3) is 0.538. The van der Waals surface area contributed by atoms with Crippen molar-refractivity contribution in [1.29, 1.82) is 0 Å². The van der Waals surface area contributed by atoms with Gasteiger partial charge in [0.1, 0.15) is 0 Å². The molecule has 4 nitrogen and oxygen atoms in total. The molecule has 1 aromatic carbocycles. The van der Waals surface area contributed by atoms with Crippen LogP contribution in [0, 0.1) is 0 Å². The lowest BCUT2D eigenvalue weighted by Crippen LogP contribution is -2.25. The van der Waals surface area contributed by atoms with Crippen molar-refractivity contribution in [3.05, 3.63) is 23.2 Å². The molecule has 1 aliphatic heterocycles. The Hall–Kier alpha value is -0.780. The van der Waals surface area contributed by atoms with Gasteiger partial charge in [-0.3, -0.25) is 0 Å². The van der Waals surface area contributed by atoms with Crippen LogP contribution in [0.25, 0.3) is 0 Å². The maximum absolute atomic E-state index is 12.3. The third-order valence-corrected chi connectivity index (χ3v) is 5.51. The van der Waals surface area contributed by atoms with Crippen LogP contribution in [0.3, 0.4) is 0 Å². The molecule has 1 aromatic rings. The summed E-state index contributed by atoms with van der Waals surface area (Å²) in [7, 11) is -3.45. The summed E-state index contributed by atoms with van der Waals surface area (Å²) in [6, 6.07) is 4.44. The highest BCUT2D eigenvalue weighted by Crippen LogP contribution is 2.32. The number of sulfone groups is 1. The number of halogens is 1. The summed E-state index contributed by atoms with van der Waals surface area (Å²) in [5, 5.41) is 0.164. The van der Waals surface area contributed by atoms with Gasteiger partial charge in [0.25, 0.3) is 0 Å². The SMILES string of the molecule is CC1(C)CCC(CS(=O)(=O)c2ccc(N)cc2Cl)O1. The summed E-state index contributed by atoms with van der Waals surface area (Å²) in [5.74, 6) is -0.0416. The van der Waals surface area contributed by atoms with Crippen molar-refractivity contribution >= 4 is 27.1 Å². The predicted octanol–water partition coefficient (Wildman–Crippen LogP) is 2.65. The molecule has 6 heteroatoms. The Morgan fingerprint density at radius 3 is 2.68 bits per heavy atom. The Labute approximate surface area is 118 Å². The zero-order valence-electron chi connectivity index (χ0n) is 11.0. The Morgan fingerprint density at radius 2 is 2.16 bits per heavy atom. The van der Waals surface area contributed by atoms with Crippen LogP contribution in [0.15, 0.2) is 23.1 Å². The van der Waals surface area contributed by atoms with E-state index >= 15 is 0 Å². The van der Waals surface area contributed by atoms with Gasteiger partial charge in [0.15, 0.2) is 9.84 Å². The van der Waals surface area contributed by atoms with Gasteiger partial charge < -0.3 is 10.5 Å². The average Bonchev–Trinajstić information content (AvgIpc) is 2.56. The Kier molecular flexibility index (Phi) is 3.82. The standard InChI is InChI=1S/C13H18ClNO3S/c1-13(2)6-5-10(18-13)8-19(16,17)12-4-3-9(15)7-11(12)14/h3-4,7,10H,5-6,8,15H2,1-2H3. The first-order chi connectivity index (χ1) is 8.70. The topological polar surface area (TPSA) is 69.4 Å². The third kappa shape index (κ3) is 3.41. The van der Waals surface area contributed by atoms with E-state index in [2.05, 4.69) is 0 Å². The van der Waals surface area contributed by atoms with E-state index < -0.39 is 9.84 Å². The number of hydrogen-bond donors (Lipinski definition) is 1. The number of anilines is 1. The second kappa shape index (κ2) is 4.96. The van der Waals surface area contributed by atoms with Gasteiger partial charge >= 0.3 is 0 Å². The molecule has 0 aromatic heterocycles. The quantitative estimate of drug-likeness (QED) is 0.872. The first kappa shape index (κ1) is 14.6. The summed E-state index contributed by atoms with van der Waals surface area (Å²) in [5.41, 5.74) is 5.77. The van der Waals surface area contributed by atoms with Gasteiger partial charge in [0, 0.05) is 5.69 Å². The molecule has 19 heavy (non-hydrogen) atoms. The maximum atomic E-state index is 12.3. The molecule has 0 amide bonds. The second-order valence-electron chi connectivity index (χ2n) is 5.51. The summed E-state index contributed by atoms with van der Waals surface area (Å²) in [6.07, 6.45) is 1.34. The number of rotatable bonds is 3. The molecule has 1 saturated heterocycles. The van der Waals surface area contributed by atoms with E-state index in [0.29, 0.717) is 5.69 Å². The molecule has 1 fully saturated rings. The molecule has 1 unspecified atom stereocenters. The summed E-state index contributed by atoms with van der Waals surface area (Å²) < 4.78 is 30.4. The predicted molar refractivity (Wildman–Crippen MR) is 76.1 cm³/mol. The van der Waals surface area contributed by atoms with Crippen LogP contribution in [0.4, 0.5) is 5.69 Å². The molecule has 0 bridgehead atoms. The third-order valence-electron chi connectivity index (χ3n) is 3.25. The highest BCUT2D eigenvalue weighted by Gasteiger charge is 2.35. The molecule has 0 spiro atoms. The number of nitrogen functional groups attached to an aromatic ring is 1. The largest absolute Gasteiger partial charge is 0.399 e. The molecule has 0 radical (unpaired) electrons. The lowest BCUT2D eigenvalue weighted by Gasteiger charge is -2.19. The van der Waals surface area contributed by atoms with Crippen molar-refractivity contribution in [2.75, 3.05) is 11.5 Å². The van der Waals surface area contributed by atoms with Crippen molar-refractivity contribution in [3.63, 3.8) is 0 Å². The van der Waals surface area contributed by atoms with E-state index in [4.69, 9.17) is 22.1 Å². The van der Waals surface area contributed by atoms with E-state index in [1.54, 1.807) is 0 Å². The first-order valence-electron chi connectivity index (χ1n) is 6.15. The van der Waals surface area contributed by atoms with Crippen LogP contribution in [-0.4, -0.2) is 25.9 Å². The van der Waals surface area contributed by atoms with Crippen LogP contribution < -0.4 is 5.73 Å². The normalized spacial score (nSPS) is 22.6. The number of nitrogens with two attached hydrogens (primary N) is 1. The minimum absolute atomic E-state index is 0.0416. The molecule has 1 aliphatic rings. The van der Waals surface area contributed by atoms with Crippen LogP contribution in [0.1, 0.15) is 26.7 Å². The smallest absolute Gasteiger partial charge is 0.182 e. The fourth-order valence-corrected chi connectivity index (χ4v) is 4.38. The molecule has 1 heterocycles. The Balaban J connectivity index is 2.19. The lowest BCUT2D eigenvalue weighted by molar-refractivity contribution is -0.00527. The molecular formula is C13H18ClNO3S. The van der Waals surface area contributed by atoms with Crippen molar-refractivity contribution < 1.29 is 13.2 Å². The van der Waals surface area contributed by atoms with E-state index in [9.17, 15) is 8.42 Å². The van der Waals surface area contributed by atoms with E-state index in [-0.39, 0.29) is 27.4 Å². The minimum atomic E-state index is -3.45. The monoisotopic (exact) mass is 303 g/mol. The van der Waals surface area contributed by atoms with Crippen LogP contribution in [0.2, 0.25) is 5.02 Å². The molecule has 106 valence electrons. The molecular weight excluding hydrogens is 286 g/mol. The molecule has 0 aliphatic carbocycles. The van der Waals surface area contributed by atoms with Crippen molar-refractivity contribution in [3.8, 4) is 0 Å². The second-order valence-corrected chi connectivity index (χ2v) is 7.92. The lowest BCUT2D eigenvalue weighted by atomic mass is 10.1. The van der Waals surface area contributed by atoms with E-state index in [1.807, 2.05) is 13.8 Å². The minimum Gasteiger partial charge on any atom is -0.399 e. The van der Waals surface area contributed by atoms with Crippen LogP contribution in [-0.2, 0) is 14.6 Å². The highest BCUT2D eigenvalue weighted by atomic mass is 35.5. The maximum Gasteiger partial charge on any atom is 0.182 e. The zero-order valence-corrected chi connectivity index (χ0v) is 12.6. The van der Waals surface area contributed by atoms with Crippen LogP contribution in [0.5, 0.6) is 0 Å². The number of ether oxygens (including phenoxy) is 1. The molecule has 1 atom stereocenters. The number of hydrogen-bond acceptors (Lipinski definition) is 4. The van der Waals surface area contributed by atoms with Gasteiger partial charge in [-0.25, -0.2) is 8.42 Å². The van der Waals surface area contributed by atoms with Gasteiger partial charge in [0.05, 0.1) is 27.4 Å². The van der Waals surface area contributed by atoms with E-state index in [0.717, 1.165) is 12.8 Å². The van der Waals surface area contributed by atoms with Gasteiger partial charge in [-0.05, 0) is 44.9 Å². The summed E-state index contributed by atoms with van der Waals surface area (Å²) in [6.45, 7) is 3.94. The van der Waals surface area contributed by atoms with E-state index in [1.165, 1.54) is 18.2 Å². The number of benzene rings is 1. The van der Waals surface area contributed by atoms with Crippen LogP contribution >= 0.6 is 11.6 Å². The Bertz CT molecular complexity index is 584. The summed E-state index contributed by atoms with van der Waals surface area (Å²) in [4.78, 5) is 0.122. The average molecular weight is 304 g/mol. The van der Waals surface area contributed by atoms with Gasteiger partial charge in [0.2, 0.25) is 0 Å². The summed E-state index contributed by atoms with van der Waals surface area (Å²) >= 11 is 5.96. The first-order valence-corrected chi connectivity index (χ1v) is 8.18. The van der Waals surface area contributed by atoms with Crippen molar-refractivity contribution in [2.45, 2.75) is 43.3 Å². The van der Waals surface area contributed by atoms with Gasteiger partial charge in [-0.15, -0.1) is 0 Å².